The monoisotopic (exact) mass is 171 g/mol. The normalized spacial score (nSPS) is 9.08. The van der Waals surface area contributed by atoms with Crippen LogP contribution in [0.15, 0.2) is 12.5 Å². The van der Waals surface area contributed by atoms with Crippen LogP contribution in [-0.2, 0) is 0 Å². The molecule has 0 saturated heterocycles. The van der Waals surface area contributed by atoms with Gasteiger partial charge in [0.05, 0.1) is 6.20 Å². The van der Waals surface area contributed by atoms with E-state index in [4.69, 9.17) is 5.73 Å². The topological polar surface area (TPSA) is 92.9 Å². The van der Waals surface area contributed by atoms with Gasteiger partial charge in [0.1, 0.15) is 6.33 Å². The second-order valence-corrected chi connectivity index (χ2v) is 1.83. The van der Waals surface area contributed by atoms with E-state index in [0.717, 1.165) is 12.5 Å². The molecule has 0 unspecified atom stereocenters. The van der Waals surface area contributed by atoms with E-state index in [9.17, 15) is 9.18 Å². The average molecular weight is 171 g/mol. The molecular formula is C5H6FN5O. The summed E-state index contributed by atoms with van der Waals surface area (Å²) in [6, 6.07) is -0.826. The van der Waals surface area contributed by atoms with Crippen LogP contribution in [0.4, 0.5) is 15.0 Å². The van der Waals surface area contributed by atoms with Crippen molar-refractivity contribution < 1.29 is 9.18 Å². The Bertz CT molecular complexity index is 291. The summed E-state index contributed by atoms with van der Waals surface area (Å²) < 4.78 is 12.7. The van der Waals surface area contributed by atoms with E-state index >= 15 is 0 Å². The minimum absolute atomic E-state index is 0.135. The molecule has 0 aliphatic heterocycles. The SMILES string of the molecule is NC(=O)NNc1ncncc1F. The van der Waals surface area contributed by atoms with Gasteiger partial charge < -0.3 is 5.73 Å². The maximum absolute atomic E-state index is 12.7. The van der Waals surface area contributed by atoms with E-state index in [0.29, 0.717) is 0 Å². The third-order valence-electron chi connectivity index (χ3n) is 0.972. The van der Waals surface area contributed by atoms with Crippen LogP contribution in [0.2, 0.25) is 0 Å². The summed E-state index contributed by atoms with van der Waals surface area (Å²) in [6.07, 6.45) is 2.09. The summed E-state index contributed by atoms with van der Waals surface area (Å²) in [5.41, 5.74) is 8.83. The highest BCUT2D eigenvalue weighted by Gasteiger charge is 2.01. The summed E-state index contributed by atoms with van der Waals surface area (Å²) in [5, 5.41) is 0. The van der Waals surface area contributed by atoms with Crippen LogP contribution >= 0.6 is 0 Å². The highest BCUT2D eigenvalue weighted by molar-refractivity contribution is 5.72. The van der Waals surface area contributed by atoms with Gasteiger partial charge in [0.2, 0.25) is 0 Å². The minimum Gasteiger partial charge on any atom is -0.350 e. The predicted molar refractivity (Wildman–Crippen MR) is 38.3 cm³/mol. The van der Waals surface area contributed by atoms with Crippen molar-refractivity contribution in [2.45, 2.75) is 0 Å². The molecule has 0 saturated carbocycles. The van der Waals surface area contributed by atoms with Gasteiger partial charge in [-0.3, -0.25) is 10.9 Å². The molecule has 0 aliphatic carbocycles. The van der Waals surface area contributed by atoms with Crippen LogP contribution in [0.25, 0.3) is 0 Å². The lowest BCUT2D eigenvalue weighted by Gasteiger charge is -2.03. The molecule has 12 heavy (non-hydrogen) atoms. The van der Waals surface area contributed by atoms with Crippen molar-refractivity contribution in [3.05, 3.63) is 18.3 Å². The van der Waals surface area contributed by atoms with Crippen molar-refractivity contribution in [3.63, 3.8) is 0 Å². The van der Waals surface area contributed by atoms with Crippen molar-refractivity contribution in [1.29, 1.82) is 0 Å². The molecule has 1 heterocycles. The third-order valence-corrected chi connectivity index (χ3v) is 0.972. The maximum atomic E-state index is 12.7. The first-order valence-corrected chi connectivity index (χ1v) is 2.97. The molecule has 1 rings (SSSR count). The van der Waals surface area contributed by atoms with E-state index in [1.165, 1.54) is 0 Å². The van der Waals surface area contributed by atoms with E-state index in [1.807, 2.05) is 5.43 Å². The molecule has 0 radical (unpaired) electrons. The molecule has 0 aliphatic rings. The summed E-state index contributed by atoms with van der Waals surface area (Å²) >= 11 is 0. The van der Waals surface area contributed by atoms with Crippen LogP contribution < -0.4 is 16.6 Å². The van der Waals surface area contributed by atoms with Crippen LogP contribution in [0, 0.1) is 5.82 Å². The van der Waals surface area contributed by atoms with Gasteiger partial charge in [-0.2, -0.15) is 0 Å². The molecule has 1 aromatic rings. The highest BCUT2D eigenvalue weighted by Crippen LogP contribution is 2.04. The summed E-state index contributed by atoms with van der Waals surface area (Å²) in [5.74, 6) is -0.810. The minimum atomic E-state index is -0.826. The number of nitrogens with zero attached hydrogens (tertiary/aromatic N) is 2. The zero-order valence-corrected chi connectivity index (χ0v) is 5.91. The Morgan fingerprint density at radius 3 is 3.00 bits per heavy atom. The zero-order chi connectivity index (χ0) is 8.97. The Morgan fingerprint density at radius 2 is 2.42 bits per heavy atom. The number of aromatic nitrogens is 2. The molecule has 0 spiro atoms. The predicted octanol–water partition coefficient (Wildman–Crippen LogP) is -0.389. The lowest BCUT2D eigenvalue weighted by molar-refractivity contribution is 0.250. The second kappa shape index (κ2) is 3.46. The zero-order valence-electron chi connectivity index (χ0n) is 5.91. The molecule has 7 heteroatoms. The summed E-state index contributed by atoms with van der Waals surface area (Å²) in [7, 11) is 0. The fourth-order valence-electron chi connectivity index (χ4n) is 0.525. The van der Waals surface area contributed by atoms with Gasteiger partial charge in [0.25, 0.3) is 0 Å². The Labute approximate surface area is 67.0 Å². The third kappa shape index (κ3) is 2.04. The molecule has 4 N–H and O–H groups in total. The number of anilines is 1. The van der Waals surface area contributed by atoms with Crippen LogP contribution in [0.1, 0.15) is 0 Å². The molecule has 2 amide bonds. The van der Waals surface area contributed by atoms with Gasteiger partial charge in [-0.15, -0.1) is 0 Å². The molecule has 6 nitrogen and oxygen atoms in total. The number of carbonyl (C=O) groups excluding carboxylic acids is 1. The fourth-order valence-corrected chi connectivity index (χ4v) is 0.525. The van der Waals surface area contributed by atoms with Gasteiger partial charge in [-0.05, 0) is 0 Å². The Hall–Kier alpha value is -1.92. The first kappa shape index (κ1) is 8.18. The number of amides is 2. The standard InChI is InChI=1S/C5H6FN5O/c6-3-1-8-2-9-4(3)10-11-5(7)12/h1-2H,(H3,7,11,12)(H,8,9,10). The van der Waals surface area contributed by atoms with Crippen LogP contribution in [0.3, 0.4) is 0 Å². The van der Waals surface area contributed by atoms with E-state index in [2.05, 4.69) is 15.4 Å². The lowest BCUT2D eigenvalue weighted by Crippen LogP contribution is -2.34. The maximum Gasteiger partial charge on any atom is 0.330 e. The highest BCUT2D eigenvalue weighted by atomic mass is 19.1. The number of hydrazine groups is 1. The van der Waals surface area contributed by atoms with E-state index in [1.54, 1.807) is 0 Å². The van der Waals surface area contributed by atoms with Gasteiger partial charge in [0.15, 0.2) is 11.6 Å². The molecule has 0 aromatic carbocycles. The van der Waals surface area contributed by atoms with E-state index < -0.39 is 11.8 Å². The van der Waals surface area contributed by atoms with Gasteiger partial charge in [-0.25, -0.2) is 19.2 Å². The van der Waals surface area contributed by atoms with Crippen molar-refractivity contribution in [1.82, 2.24) is 15.4 Å². The van der Waals surface area contributed by atoms with Crippen molar-refractivity contribution >= 4 is 11.8 Å². The molecular weight excluding hydrogens is 165 g/mol. The number of nitrogens with one attached hydrogen (secondary N) is 2. The van der Waals surface area contributed by atoms with Crippen LogP contribution in [0.5, 0.6) is 0 Å². The fraction of sp³-hybridized carbons (Fsp3) is 0. The number of halogens is 1. The first-order chi connectivity index (χ1) is 5.70. The van der Waals surface area contributed by atoms with Gasteiger partial charge >= 0.3 is 6.03 Å². The number of hydrogen-bond donors (Lipinski definition) is 3. The number of carbonyl (C=O) groups is 1. The summed E-state index contributed by atoms with van der Waals surface area (Å²) in [4.78, 5) is 17.1. The quantitative estimate of drug-likeness (QED) is 0.528. The average Bonchev–Trinajstić information content (AvgIpc) is 2.03. The first-order valence-electron chi connectivity index (χ1n) is 2.97. The van der Waals surface area contributed by atoms with Crippen LogP contribution in [-0.4, -0.2) is 16.0 Å². The van der Waals surface area contributed by atoms with Crippen molar-refractivity contribution in [2.75, 3.05) is 5.43 Å². The van der Waals surface area contributed by atoms with Crippen molar-refractivity contribution in [3.8, 4) is 0 Å². The molecule has 0 fully saturated rings. The molecule has 0 atom stereocenters. The largest absolute Gasteiger partial charge is 0.350 e. The smallest absolute Gasteiger partial charge is 0.330 e. The van der Waals surface area contributed by atoms with E-state index in [-0.39, 0.29) is 5.82 Å². The second-order valence-electron chi connectivity index (χ2n) is 1.83. The number of hydrogen-bond acceptors (Lipinski definition) is 4. The lowest BCUT2D eigenvalue weighted by atomic mass is 10.6. The number of rotatable bonds is 2. The Kier molecular flexibility index (Phi) is 2.36. The molecule has 0 bridgehead atoms. The molecule has 64 valence electrons. The number of nitrogens with two attached hydrogens (primary N) is 1. The summed E-state index contributed by atoms with van der Waals surface area (Å²) in [6.45, 7) is 0. The Morgan fingerprint density at radius 1 is 1.67 bits per heavy atom. The number of urea groups is 1. The van der Waals surface area contributed by atoms with Gasteiger partial charge in [-0.1, -0.05) is 0 Å². The molecule has 1 aromatic heterocycles. The Balaban J connectivity index is 2.63. The van der Waals surface area contributed by atoms with Crippen molar-refractivity contribution in [2.24, 2.45) is 5.73 Å². The van der Waals surface area contributed by atoms with Gasteiger partial charge in [0, 0.05) is 0 Å². The number of primary amides is 1.